The molecule has 0 aliphatic rings. The molecule has 2 heterocycles. The molecule has 5 heteroatoms. The van der Waals surface area contributed by atoms with Crippen molar-refractivity contribution in [1.82, 2.24) is 4.90 Å². The van der Waals surface area contributed by atoms with Crippen LogP contribution in [0.1, 0.15) is 22.1 Å². The Morgan fingerprint density at radius 3 is 2.43 bits per heavy atom. The number of nitrogens with zero attached hydrogens (tertiary/aromatic N) is 1. The van der Waals surface area contributed by atoms with Gasteiger partial charge in [-0.1, -0.05) is 0 Å². The van der Waals surface area contributed by atoms with Crippen molar-refractivity contribution in [3.63, 3.8) is 0 Å². The van der Waals surface area contributed by atoms with E-state index in [9.17, 15) is 9.18 Å². The van der Waals surface area contributed by atoms with Gasteiger partial charge in [0.2, 0.25) is 0 Å². The number of rotatable bonds is 4. The van der Waals surface area contributed by atoms with E-state index in [4.69, 9.17) is 8.83 Å². The maximum Gasteiger partial charge on any atom is 0.289 e. The minimum Gasteiger partial charge on any atom is -0.464 e. The van der Waals surface area contributed by atoms with Crippen LogP contribution in [0.5, 0.6) is 0 Å². The fourth-order valence-electron chi connectivity index (χ4n) is 2.29. The van der Waals surface area contributed by atoms with Gasteiger partial charge in [-0.3, -0.25) is 4.79 Å². The van der Waals surface area contributed by atoms with E-state index < -0.39 is 0 Å². The van der Waals surface area contributed by atoms with Crippen LogP contribution in [-0.2, 0) is 6.54 Å². The molecule has 23 heavy (non-hydrogen) atoms. The van der Waals surface area contributed by atoms with E-state index in [1.807, 2.05) is 19.1 Å². The van der Waals surface area contributed by atoms with Gasteiger partial charge in [0, 0.05) is 12.6 Å². The van der Waals surface area contributed by atoms with Crippen LogP contribution in [0.3, 0.4) is 0 Å². The summed E-state index contributed by atoms with van der Waals surface area (Å²) >= 11 is 0. The first-order valence-electron chi connectivity index (χ1n) is 7.19. The van der Waals surface area contributed by atoms with E-state index in [2.05, 4.69) is 0 Å². The second kappa shape index (κ2) is 6.12. The van der Waals surface area contributed by atoms with Gasteiger partial charge in [0.25, 0.3) is 5.91 Å². The topological polar surface area (TPSA) is 46.6 Å². The molecule has 0 spiro atoms. The highest BCUT2D eigenvalue weighted by Crippen LogP contribution is 2.23. The van der Waals surface area contributed by atoms with Crippen molar-refractivity contribution >= 4 is 5.91 Å². The van der Waals surface area contributed by atoms with Crippen LogP contribution < -0.4 is 0 Å². The van der Waals surface area contributed by atoms with Gasteiger partial charge in [0.1, 0.15) is 23.1 Å². The smallest absolute Gasteiger partial charge is 0.289 e. The summed E-state index contributed by atoms with van der Waals surface area (Å²) in [6.45, 7) is 2.21. The van der Waals surface area contributed by atoms with E-state index in [1.165, 1.54) is 17.0 Å². The fraction of sp³-hybridized carbons (Fsp3) is 0.167. The highest BCUT2D eigenvalue weighted by Gasteiger charge is 2.18. The molecule has 3 aromatic rings. The summed E-state index contributed by atoms with van der Waals surface area (Å²) in [7, 11) is 1.68. The molecule has 0 radical (unpaired) electrons. The van der Waals surface area contributed by atoms with E-state index >= 15 is 0 Å². The average Bonchev–Trinajstić information content (AvgIpc) is 3.16. The molecule has 0 saturated heterocycles. The molecule has 118 valence electrons. The lowest BCUT2D eigenvalue weighted by molar-refractivity contribution is 0.0744. The third-order valence-electron chi connectivity index (χ3n) is 3.48. The number of amides is 1. The normalized spacial score (nSPS) is 10.7. The highest BCUT2D eigenvalue weighted by molar-refractivity contribution is 5.91. The highest BCUT2D eigenvalue weighted by atomic mass is 19.1. The molecule has 1 aromatic carbocycles. The Morgan fingerprint density at radius 2 is 1.78 bits per heavy atom. The molecule has 0 aliphatic carbocycles. The van der Waals surface area contributed by atoms with Gasteiger partial charge in [-0.05, 0) is 55.5 Å². The number of hydrogen-bond acceptors (Lipinski definition) is 3. The molecular weight excluding hydrogens is 297 g/mol. The summed E-state index contributed by atoms with van der Waals surface area (Å²) in [5.41, 5.74) is 0.717. The minimum absolute atomic E-state index is 0.232. The van der Waals surface area contributed by atoms with Crippen molar-refractivity contribution < 1.29 is 18.0 Å². The van der Waals surface area contributed by atoms with Gasteiger partial charge in [0.15, 0.2) is 5.76 Å². The quantitative estimate of drug-likeness (QED) is 0.723. The molecule has 0 bridgehead atoms. The van der Waals surface area contributed by atoms with Crippen LogP contribution in [0.2, 0.25) is 0 Å². The summed E-state index contributed by atoms with van der Waals surface area (Å²) in [6.07, 6.45) is 0. The number of aryl methyl sites for hydroxylation is 1. The molecule has 0 aliphatic heterocycles. The van der Waals surface area contributed by atoms with Crippen molar-refractivity contribution in [2.45, 2.75) is 13.5 Å². The molecular formula is C18H16FNO3. The van der Waals surface area contributed by atoms with E-state index in [-0.39, 0.29) is 17.5 Å². The molecule has 0 saturated carbocycles. The van der Waals surface area contributed by atoms with Gasteiger partial charge >= 0.3 is 0 Å². The Bertz CT molecular complexity index is 817. The first-order valence-corrected chi connectivity index (χ1v) is 7.19. The lowest BCUT2D eigenvalue weighted by atomic mass is 10.2. The van der Waals surface area contributed by atoms with Gasteiger partial charge in [-0.2, -0.15) is 0 Å². The zero-order valence-corrected chi connectivity index (χ0v) is 12.9. The third kappa shape index (κ3) is 3.34. The van der Waals surface area contributed by atoms with E-state index in [0.717, 1.165) is 11.3 Å². The van der Waals surface area contributed by atoms with Gasteiger partial charge in [-0.15, -0.1) is 0 Å². The molecule has 0 unspecified atom stereocenters. The lowest BCUT2D eigenvalue weighted by Crippen LogP contribution is -2.25. The van der Waals surface area contributed by atoms with Gasteiger partial charge in [-0.25, -0.2) is 4.39 Å². The summed E-state index contributed by atoms with van der Waals surface area (Å²) in [5, 5.41) is 0. The Hall–Kier alpha value is -2.82. The van der Waals surface area contributed by atoms with Gasteiger partial charge < -0.3 is 13.7 Å². The largest absolute Gasteiger partial charge is 0.464 e. The van der Waals surface area contributed by atoms with Gasteiger partial charge in [0.05, 0.1) is 6.54 Å². The number of furan rings is 2. The molecule has 4 nitrogen and oxygen atoms in total. The Kier molecular flexibility index (Phi) is 4.02. The summed E-state index contributed by atoms with van der Waals surface area (Å²) < 4.78 is 24.0. The van der Waals surface area contributed by atoms with Crippen LogP contribution in [0.4, 0.5) is 4.39 Å². The maximum absolute atomic E-state index is 13.0. The predicted molar refractivity (Wildman–Crippen MR) is 83.3 cm³/mol. The number of hydrogen-bond donors (Lipinski definition) is 0. The van der Waals surface area contributed by atoms with Crippen molar-refractivity contribution in [2.24, 2.45) is 0 Å². The molecule has 2 aromatic heterocycles. The lowest BCUT2D eigenvalue weighted by Gasteiger charge is -2.13. The first kappa shape index (κ1) is 15.1. The monoisotopic (exact) mass is 313 g/mol. The maximum atomic E-state index is 13.0. The van der Waals surface area contributed by atoms with Crippen molar-refractivity contribution in [1.29, 1.82) is 0 Å². The summed E-state index contributed by atoms with van der Waals surface area (Å²) in [5.74, 6) is 1.71. The molecule has 0 fully saturated rings. The zero-order chi connectivity index (χ0) is 16.4. The van der Waals surface area contributed by atoms with E-state index in [0.29, 0.717) is 18.1 Å². The standard InChI is InChI=1S/C18H16FNO3/c1-12-3-8-15(22-12)11-20(2)18(21)17-10-9-16(23-17)13-4-6-14(19)7-5-13/h3-10H,11H2,1-2H3. The van der Waals surface area contributed by atoms with Crippen LogP contribution in [-0.4, -0.2) is 17.9 Å². The summed E-state index contributed by atoms with van der Waals surface area (Å²) in [4.78, 5) is 13.9. The second-order valence-corrected chi connectivity index (χ2v) is 5.34. The fourth-order valence-corrected chi connectivity index (χ4v) is 2.29. The Balaban J connectivity index is 1.74. The number of halogens is 1. The van der Waals surface area contributed by atoms with Crippen molar-refractivity contribution in [2.75, 3.05) is 7.05 Å². The second-order valence-electron chi connectivity index (χ2n) is 5.34. The Labute approximate surface area is 133 Å². The number of benzene rings is 1. The third-order valence-corrected chi connectivity index (χ3v) is 3.48. The average molecular weight is 313 g/mol. The molecule has 0 atom stereocenters. The summed E-state index contributed by atoms with van der Waals surface area (Å²) in [6, 6.07) is 12.9. The SMILES string of the molecule is Cc1ccc(CN(C)C(=O)c2ccc(-c3ccc(F)cc3)o2)o1. The molecule has 3 rings (SSSR count). The number of carbonyl (C=O) groups is 1. The van der Waals surface area contributed by atoms with E-state index in [1.54, 1.807) is 31.3 Å². The molecule has 0 N–H and O–H groups in total. The zero-order valence-electron chi connectivity index (χ0n) is 12.9. The minimum atomic E-state index is -0.315. The van der Waals surface area contributed by atoms with Crippen LogP contribution >= 0.6 is 0 Å². The van der Waals surface area contributed by atoms with Crippen LogP contribution in [0.25, 0.3) is 11.3 Å². The van der Waals surface area contributed by atoms with Crippen molar-refractivity contribution in [3.05, 3.63) is 71.6 Å². The van der Waals surface area contributed by atoms with Crippen molar-refractivity contribution in [3.8, 4) is 11.3 Å². The number of carbonyl (C=O) groups excluding carboxylic acids is 1. The molecule has 1 amide bonds. The Morgan fingerprint density at radius 1 is 1.04 bits per heavy atom. The van der Waals surface area contributed by atoms with Crippen LogP contribution in [0, 0.1) is 12.7 Å². The van der Waals surface area contributed by atoms with Crippen LogP contribution in [0.15, 0.2) is 57.4 Å². The predicted octanol–water partition coefficient (Wildman–Crippen LogP) is 4.26. The first-order chi connectivity index (χ1) is 11.0.